The molecule has 0 aliphatic heterocycles. The van der Waals surface area contributed by atoms with Crippen LogP contribution in [-0.2, 0) is 0 Å². The van der Waals surface area contributed by atoms with E-state index in [1.54, 1.807) is 30.3 Å². The number of rotatable bonds is 8. The molecule has 126 valence electrons. The Balaban J connectivity index is 1.91. The Morgan fingerprint density at radius 3 is 2.67 bits per heavy atom. The van der Waals surface area contributed by atoms with E-state index in [-0.39, 0.29) is 11.5 Å². The summed E-state index contributed by atoms with van der Waals surface area (Å²) in [5.74, 6) is 0.0792. The van der Waals surface area contributed by atoms with Crippen LogP contribution in [0.3, 0.4) is 0 Å². The maximum atomic E-state index is 13.6. The quantitative estimate of drug-likeness (QED) is 0.391. The summed E-state index contributed by atoms with van der Waals surface area (Å²) in [6.07, 6.45) is 4.82. The summed E-state index contributed by atoms with van der Waals surface area (Å²) in [5.41, 5.74) is 0.788. The first-order valence-electron chi connectivity index (χ1n) is 7.75. The molecule has 5 heteroatoms. The highest BCUT2D eigenvalue weighted by Crippen LogP contribution is 2.19. The van der Waals surface area contributed by atoms with Crippen molar-refractivity contribution >= 4 is 23.1 Å². The zero-order valence-corrected chi connectivity index (χ0v) is 14.1. The van der Waals surface area contributed by atoms with Crippen molar-refractivity contribution in [1.82, 2.24) is 0 Å². The van der Waals surface area contributed by atoms with Gasteiger partial charge in [0, 0.05) is 22.9 Å². The van der Waals surface area contributed by atoms with Gasteiger partial charge in [-0.1, -0.05) is 24.9 Å². The number of unbranched alkanes of at least 4 members (excludes halogenated alkanes) is 1. The predicted molar refractivity (Wildman–Crippen MR) is 95.3 cm³/mol. The van der Waals surface area contributed by atoms with E-state index in [0.29, 0.717) is 17.2 Å². The number of anilines is 1. The number of nitrogens with one attached hydrogen (secondary N) is 1. The minimum atomic E-state index is -0.479. The van der Waals surface area contributed by atoms with E-state index in [9.17, 15) is 9.18 Å². The molecule has 2 aromatic carbocycles. The average molecular weight is 348 g/mol. The van der Waals surface area contributed by atoms with Gasteiger partial charge in [-0.2, -0.15) is 0 Å². The van der Waals surface area contributed by atoms with Crippen LogP contribution in [0, 0.1) is 5.82 Å². The van der Waals surface area contributed by atoms with Crippen molar-refractivity contribution in [3.05, 3.63) is 71.1 Å². The van der Waals surface area contributed by atoms with Gasteiger partial charge in [-0.3, -0.25) is 4.79 Å². The highest BCUT2D eigenvalue weighted by molar-refractivity contribution is 6.30. The summed E-state index contributed by atoms with van der Waals surface area (Å²) in [6.45, 7) is 2.77. The normalized spacial score (nSPS) is 10.8. The van der Waals surface area contributed by atoms with Gasteiger partial charge >= 0.3 is 0 Å². The molecule has 0 aliphatic carbocycles. The monoisotopic (exact) mass is 347 g/mol. The fourth-order valence-corrected chi connectivity index (χ4v) is 2.12. The lowest BCUT2D eigenvalue weighted by atomic mass is 10.1. The van der Waals surface area contributed by atoms with E-state index in [1.807, 2.05) is 0 Å². The molecule has 0 saturated heterocycles. The van der Waals surface area contributed by atoms with E-state index in [4.69, 9.17) is 16.3 Å². The first-order chi connectivity index (χ1) is 11.6. The standard InChI is InChI=1S/C19H19ClFNO2/c1-2-3-12-24-16-7-4-14(5-8-16)19(23)10-11-22-18-9-6-15(20)13-17(18)21/h4-11,13,22H,2-3,12H2,1H3/b11-10+. The number of carbonyl (C=O) groups excluding carboxylic acids is 1. The SMILES string of the molecule is CCCCOc1ccc(C(=O)/C=C/Nc2ccc(Cl)cc2F)cc1. The first kappa shape index (κ1) is 18.0. The second kappa shape index (κ2) is 9.08. The van der Waals surface area contributed by atoms with E-state index in [1.165, 1.54) is 24.4 Å². The number of allylic oxidation sites excluding steroid dienone is 1. The average Bonchev–Trinajstić information content (AvgIpc) is 2.57. The van der Waals surface area contributed by atoms with Crippen LogP contribution in [0.15, 0.2) is 54.7 Å². The second-order valence-electron chi connectivity index (χ2n) is 5.19. The van der Waals surface area contributed by atoms with E-state index in [2.05, 4.69) is 12.2 Å². The van der Waals surface area contributed by atoms with Gasteiger partial charge < -0.3 is 10.1 Å². The van der Waals surface area contributed by atoms with Gasteiger partial charge in [0.25, 0.3) is 0 Å². The molecule has 0 atom stereocenters. The molecule has 1 N–H and O–H groups in total. The number of ketones is 1. The van der Waals surface area contributed by atoms with Crippen LogP contribution in [-0.4, -0.2) is 12.4 Å². The van der Waals surface area contributed by atoms with Crippen molar-refractivity contribution in [2.75, 3.05) is 11.9 Å². The number of benzene rings is 2. The highest BCUT2D eigenvalue weighted by Gasteiger charge is 2.03. The molecule has 3 nitrogen and oxygen atoms in total. The molecule has 0 aliphatic rings. The highest BCUT2D eigenvalue weighted by atomic mass is 35.5. The van der Waals surface area contributed by atoms with E-state index < -0.39 is 5.82 Å². The van der Waals surface area contributed by atoms with Crippen LogP contribution in [0.5, 0.6) is 5.75 Å². The van der Waals surface area contributed by atoms with Gasteiger partial charge in [-0.05, 0) is 48.9 Å². The van der Waals surface area contributed by atoms with Crippen LogP contribution in [0.2, 0.25) is 5.02 Å². The van der Waals surface area contributed by atoms with Gasteiger partial charge in [0.1, 0.15) is 11.6 Å². The number of hydrogen-bond acceptors (Lipinski definition) is 3. The number of carbonyl (C=O) groups is 1. The third-order valence-corrected chi connectivity index (χ3v) is 3.55. The molecule has 0 aromatic heterocycles. The van der Waals surface area contributed by atoms with Crippen molar-refractivity contribution in [3.8, 4) is 5.75 Å². The van der Waals surface area contributed by atoms with Crippen molar-refractivity contribution in [1.29, 1.82) is 0 Å². The third kappa shape index (κ3) is 5.39. The van der Waals surface area contributed by atoms with Crippen molar-refractivity contribution in [2.45, 2.75) is 19.8 Å². The summed E-state index contributed by atoms with van der Waals surface area (Å²) < 4.78 is 19.1. The van der Waals surface area contributed by atoms with Gasteiger partial charge in [0.15, 0.2) is 5.78 Å². The van der Waals surface area contributed by atoms with E-state index in [0.717, 1.165) is 18.6 Å². The summed E-state index contributed by atoms with van der Waals surface area (Å²) in [6, 6.07) is 11.2. The molecule has 24 heavy (non-hydrogen) atoms. The molecule has 0 heterocycles. The second-order valence-corrected chi connectivity index (χ2v) is 5.63. The van der Waals surface area contributed by atoms with Crippen molar-refractivity contribution < 1.29 is 13.9 Å². The smallest absolute Gasteiger partial charge is 0.187 e. The third-order valence-electron chi connectivity index (χ3n) is 3.31. The fourth-order valence-electron chi connectivity index (χ4n) is 1.96. The van der Waals surface area contributed by atoms with Crippen LogP contribution < -0.4 is 10.1 Å². The number of halogens is 2. The molecular weight excluding hydrogens is 329 g/mol. The van der Waals surface area contributed by atoms with Gasteiger partial charge in [-0.15, -0.1) is 0 Å². The fraction of sp³-hybridized carbons (Fsp3) is 0.211. The minimum absolute atomic E-state index is 0.183. The van der Waals surface area contributed by atoms with E-state index >= 15 is 0 Å². The molecule has 0 fully saturated rings. The zero-order valence-electron chi connectivity index (χ0n) is 13.4. The molecule has 0 radical (unpaired) electrons. The Kier molecular flexibility index (Phi) is 6.82. The first-order valence-corrected chi connectivity index (χ1v) is 8.13. The van der Waals surface area contributed by atoms with Gasteiger partial charge in [0.05, 0.1) is 12.3 Å². The molecule has 2 aromatic rings. The Labute approximate surface area is 146 Å². The largest absolute Gasteiger partial charge is 0.494 e. The molecule has 0 saturated carbocycles. The summed E-state index contributed by atoms with van der Waals surface area (Å²) in [4.78, 5) is 12.1. The summed E-state index contributed by atoms with van der Waals surface area (Å²) >= 11 is 5.68. The van der Waals surface area contributed by atoms with Gasteiger partial charge in [-0.25, -0.2) is 4.39 Å². The maximum Gasteiger partial charge on any atom is 0.187 e. The number of hydrogen-bond donors (Lipinski definition) is 1. The molecular formula is C19H19ClFNO2. The van der Waals surface area contributed by atoms with Gasteiger partial charge in [0.2, 0.25) is 0 Å². The number of ether oxygens (including phenoxy) is 1. The molecule has 0 amide bonds. The predicted octanol–water partition coefficient (Wildman–Crippen LogP) is 5.47. The molecule has 2 rings (SSSR count). The topological polar surface area (TPSA) is 38.3 Å². The Morgan fingerprint density at radius 1 is 1.25 bits per heavy atom. The Bertz CT molecular complexity index is 714. The Morgan fingerprint density at radius 2 is 2.00 bits per heavy atom. The van der Waals surface area contributed by atoms with Crippen molar-refractivity contribution in [3.63, 3.8) is 0 Å². The molecule has 0 bridgehead atoms. The molecule has 0 spiro atoms. The lowest BCUT2D eigenvalue weighted by Gasteiger charge is -2.05. The Hall–Kier alpha value is -2.33. The van der Waals surface area contributed by atoms with Crippen LogP contribution in [0.25, 0.3) is 0 Å². The molecule has 0 unspecified atom stereocenters. The van der Waals surface area contributed by atoms with Crippen LogP contribution >= 0.6 is 11.6 Å². The van der Waals surface area contributed by atoms with Crippen molar-refractivity contribution in [2.24, 2.45) is 0 Å². The zero-order chi connectivity index (χ0) is 17.4. The van der Waals surface area contributed by atoms with Crippen LogP contribution in [0.4, 0.5) is 10.1 Å². The van der Waals surface area contributed by atoms with Crippen LogP contribution in [0.1, 0.15) is 30.1 Å². The summed E-state index contributed by atoms with van der Waals surface area (Å²) in [7, 11) is 0. The minimum Gasteiger partial charge on any atom is -0.494 e. The lowest BCUT2D eigenvalue weighted by molar-refractivity contribution is 0.104. The lowest BCUT2D eigenvalue weighted by Crippen LogP contribution is -1.99. The summed E-state index contributed by atoms with van der Waals surface area (Å²) in [5, 5.41) is 3.05. The maximum absolute atomic E-state index is 13.6.